The van der Waals surface area contributed by atoms with E-state index in [1.807, 2.05) is 32.8 Å². The predicted molar refractivity (Wildman–Crippen MR) is 72.5 cm³/mol. The summed E-state index contributed by atoms with van der Waals surface area (Å²) in [5, 5.41) is 8.44. The molecular formula is C11H20ClN3S. The first kappa shape index (κ1) is 13.9. The monoisotopic (exact) mass is 261 g/mol. The first-order chi connectivity index (χ1) is 7.60. The molecule has 0 aromatic carbocycles. The van der Waals surface area contributed by atoms with Crippen molar-refractivity contribution in [1.29, 1.82) is 0 Å². The van der Waals surface area contributed by atoms with Crippen LogP contribution < -0.4 is 5.32 Å². The minimum absolute atomic E-state index is 0.479. The number of hydrogen-bond donors (Lipinski definition) is 1. The average molecular weight is 262 g/mol. The third kappa shape index (κ3) is 3.40. The molecule has 0 spiro atoms. The van der Waals surface area contributed by atoms with Crippen LogP contribution in [0.25, 0.3) is 0 Å². The minimum Gasteiger partial charge on any atom is -0.317 e. The number of rotatable bonds is 6. The molecular weight excluding hydrogens is 242 g/mol. The SMILES string of the molecule is CNC(CCSC)Cc1c(C)nn(C)c1Cl. The molecule has 16 heavy (non-hydrogen) atoms. The van der Waals surface area contributed by atoms with E-state index in [9.17, 15) is 0 Å². The zero-order valence-corrected chi connectivity index (χ0v) is 12.0. The van der Waals surface area contributed by atoms with Crippen molar-refractivity contribution < 1.29 is 0 Å². The second-order valence-corrected chi connectivity index (χ2v) is 5.29. The van der Waals surface area contributed by atoms with Gasteiger partial charge < -0.3 is 5.32 Å². The molecule has 1 heterocycles. The maximum atomic E-state index is 6.22. The lowest BCUT2D eigenvalue weighted by Gasteiger charge is -2.15. The van der Waals surface area contributed by atoms with Crippen LogP contribution in [0.5, 0.6) is 0 Å². The Morgan fingerprint density at radius 1 is 1.56 bits per heavy atom. The standard InChI is InChI=1S/C11H20ClN3S/c1-8-10(11(12)15(3)14-8)7-9(13-2)5-6-16-4/h9,13H,5-7H2,1-4H3. The number of nitrogens with zero attached hydrogens (tertiary/aromatic N) is 2. The summed E-state index contributed by atoms with van der Waals surface area (Å²) in [5.41, 5.74) is 2.21. The molecule has 0 saturated heterocycles. The minimum atomic E-state index is 0.479. The van der Waals surface area contributed by atoms with Gasteiger partial charge in [0.05, 0.1) is 5.69 Å². The zero-order valence-electron chi connectivity index (χ0n) is 10.4. The number of nitrogens with one attached hydrogen (secondary N) is 1. The van der Waals surface area contributed by atoms with Gasteiger partial charge in [-0.2, -0.15) is 16.9 Å². The highest BCUT2D eigenvalue weighted by Crippen LogP contribution is 2.21. The van der Waals surface area contributed by atoms with E-state index in [0.717, 1.165) is 23.7 Å². The van der Waals surface area contributed by atoms with Gasteiger partial charge in [0.25, 0.3) is 0 Å². The molecule has 0 radical (unpaired) electrons. The molecule has 1 N–H and O–H groups in total. The summed E-state index contributed by atoms with van der Waals surface area (Å²) in [6, 6.07) is 0.479. The molecule has 0 aliphatic rings. The highest BCUT2D eigenvalue weighted by Gasteiger charge is 2.15. The summed E-state index contributed by atoms with van der Waals surface area (Å²) in [4.78, 5) is 0. The van der Waals surface area contributed by atoms with Crippen molar-refractivity contribution >= 4 is 23.4 Å². The summed E-state index contributed by atoms with van der Waals surface area (Å²) < 4.78 is 1.74. The van der Waals surface area contributed by atoms with Crippen molar-refractivity contribution in [3.05, 3.63) is 16.4 Å². The van der Waals surface area contributed by atoms with Gasteiger partial charge in [-0.15, -0.1) is 0 Å². The lowest BCUT2D eigenvalue weighted by atomic mass is 10.1. The predicted octanol–water partition coefficient (Wildman–Crippen LogP) is 2.27. The highest BCUT2D eigenvalue weighted by molar-refractivity contribution is 7.98. The van der Waals surface area contributed by atoms with Gasteiger partial charge in [0.2, 0.25) is 0 Å². The van der Waals surface area contributed by atoms with Crippen LogP contribution in [0, 0.1) is 6.92 Å². The molecule has 1 unspecified atom stereocenters. The number of hydrogen-bond acceptors (Lipinski definition) is 3. The van der Waals surface area contributed by atoms with Gasteiger partial charge in [-0.3, -0.25) is 4.68 Å². The molecule has 0 saturated carbocycles. The van der Waals surface area contributed by atoms with Gasteiger partial charge in [0.1, 0.15) is 5.15 Å². The number of thioether (sulfide) groups is 1. The molecule has 1 rings (SSSR count). The molecule has 0 fully saturated rings. The fourth-order valence-electron chi connectivity index (χ4n) is 1.76. The topological polar surface area (TPSA) is 29.9 Å². The molecule has 3 nitrogen and oxygen atoms in total. The number of aromatic nitrogens is 2. The average Bonchev–Trinajstić information content (AvgIpc) is 2.50. The van der Waals surface area contributed by atoms with Crippen LogP contribution in [0.2, 0.25) is 5.15 Å². The van der Waals surface area contributed by atoms with Gasteiger partial charge in [0.15, 0.2) is 0 Å². The molecule has 0 aliphatic carbocycles. The summed E-state index contributed by atoms with van der Waals surface area (Å²) in [6.45, 7) is 2.02. The maximum absolute atomic E-state index is 6.22. The first-order valence-corrected chi connectivity index (χ1v) is 7.21. The molecule has 5 heteroatoms. The fraction of sp³-hybridized carbons (Fsp3) is 0.727. The normalized spacial score (nSPS) is 13.1. The van der Waals surface area contributed by atoms with Gasteiger partial charge >= 0.3 is 0 Å². The van der Waals surface area contributed by atoms with E-state index < -0.39 is 0 Å². The maximum Gasteiger partial charge on any atom is 0.130 e. The van der Waals surface area contributed by atoms with Gasteiger partial charge in [-0.1, -0.05) is 11.6 Å². The van der Waals surface area contributed by atoms with Crippen LogP contribution in [-0.4, -0.2) is 34.9 Å². The van der Waals surface area contributed by atoms with Crippen molar-refractivity contribution in [1.82, 2.24) is 15.1 Å². The summed E-state index contributed by atoms with van der Waals surface area (Å²) in [6.07, 6.45) is 4.24. The molecule has 0 amide bonds. The van der Waals surface area contributed by atoms with E-state index in [2.05, 4.69) is 16.7 Å². The van der Waals surface area contributed by atoms with Crippen molar-refractivity contribution in [3.8, 4) is 0 Å². The Balaban J connectivity index is 2.69. The van der Waals surface area contributed by atoms with E-state index in [4.69, 9.17) is 11.6 Å². The zero-order chi connectivity index (χ0) is 12.1. The van der Waals surface area contributed by atoms with Gasteiger partial charge in [-0.05, 0) is 38.8 Å². The second kappa shape index (κ2) is 6.52. The van der Waals surface area contributed by atoms with Crippen molar-refractivity contribution in [2.45, 2.75) is 25.8 Å². The quantitative estimate of drug-likeness (QED) is 0.852. The van der Waals surface area contributed by atoms with E-state index in [1.165, 1.54) is 11.3 Å². The fourth-order valence-corrected chi connectivity index (χ4v) is 2.53. The molecule has 1 aromatic rings. The molecule has 0 aliphatic heterocycles. The van der Waals surface area contributed by atoms with Crippen LogP contribution in [0.1, 0.15) is 17.7 Å². The van der Waals surface area contributed by atoms with Crippen molar-refractivity contribution in [2.75, 3.05) is 19.1 Å². The van der Waals surface area contributed by atoms with Crippen molar-refractivity contribution in [2.24, 2.45) is 7.05 Å². The van der Waals surface area contributed by atoms with Gasteiger partial charge in [-0.25, -0.2) is 0 Å². The smallest absolute Gasteiger partial charge is 0.130 e. The molecule has 1 aromatic heterocycles. The van der Waals surface area contributed by atoms with Crippen LogP contribution in [0.4, 0.5) is 0 Å². The summed E-state index contributed by atoms with van der Waals surface area (Å²) >= 11 is 8.09. The third-order valence-corrected chi connectivity index (χ3v) is 3.92. The Morgan fingerprint density at radius 2 is 2.25 bits per heavy atom. The van der Waals surface area contributed by atoms with E-state index in [1.54, 1.807) is 4.68 Å². The number of aryl methyl sites for hydroxylation is 2. The molecule has 92 valence electrons. The van der Waals surface area contributed by atoms with Crippen LogP contribution in [0.15, 0.2) is 0 Å². The third-order valence-electron chi connectivity index (χ3n) is 2.80. The lowest BCUT2D eigenvalue weighted by molar-refractivity contribution is 0.546. The van der Waals surface area contributed by atoms with Gasteiger partial charge in [0, 0.05) is 18.7 Å². The second-order valence-electron chi connectivity index (χ2n) is 3.95. The molecule has 0 bridgehead atoms. The lowest BCUT2D eigenvalue weighted by Crippen LogP contribution is -2.28. The Hall–Kier alpha value is -0.190. The number of likely N-dealkylation sites (N-methyl/N-ethyl adjacent to an activating group) is 1. The number of halogens is 1. The summed E-state index contributed by atoms with van der Waals surface area (Å²) in [7, 11) is 3.89. The van der Waals surface area contributed by atoms with E-state index >= 15 is 0 Å². The first-order valence-electron chi connectivity index (χ1n) is 5.44. The Bertz CT molecular complexity index is 338. The Labute approximate surface area is 107 Å². The van der Waals surface area contributed by atoms with Crippen LogP contribution in [0.3, 0.4) is 0 Å². The largest absolute Gasteiger partial charge is 0.317 e. The Morgan fingerprint density at radius 3 is 2.69 bits per heavy atom. The molecule has 1 atom stereocenters. The van der Waals surface area contributed by atoms with Crippen LogP contribution >= 0.6 is 23.4 Å². The van der Waals surface area contributed by atoms with E-state index in [0.29, 0.717) is 6.04 Å². The van der Waals surface area contributed by atoms with E-state index in [-0.39, 0.29) is 0 Å². The van der Waals surface area contributed by atoms with Crippen LogP contribution in [-0.2, 0) is 13.5 Å². The summed E-state index contributed by atoms with van der Waals surface area (Å²) in [5.74, 6) is 1.17. The highest BCUT2D eigenvalue weighted by atomic mass is 35.5. The Kier molecular flexibility index (Phi) is 5.66. The van der Waals surface area contributed by atoms with Crippen molar-refractivity contribution in [3.63, 3.8) is 0 Å².